The van der Waals surface area contributed by atoms with E-state index in [9.17, 15) is 14.4 Å². The van der Waals surface area contributed by atoms with Gasteiger partial charge in [-0.05, 0) is 29.2 Å². The summed E-state index contributed by atoms with van der Waals surface area (Å²) >= 11 is 0. The Bertz CT molecular complexity index is 949. The number of aliphatic carboxylic acids is 1. The maximum atomic E-state index is 12.3. The van der Waals surface area contributed by atoms with Gasteiger partial charge in [0.2, 0.25) is 5.91 Å². The van der Waals surface area contributed by atoms with Crippen molar-refractivity contribution in [2.24, 2.45) is 0 Å². The van der Waals surface area contributed by atoms with E-state index in [-0.39, 0.29) is 25.5 Å². The summed E-state index contributed by atoms with van der Waals surface area (Å²) in [5.41, 5.74) is 4.47. The standard InChI is InChI=1S/C24H28N2O7/c1-2-32-15(11-22(28)26-21(13-27)23(29)30)12-25-24(31)33-14-20-18-9-5-3-7-16(18)17-8-4-6-10-19(17)20/h3-10,15,20-21,27H,2,11-14H2,1H3,(H,25,31)(H,26,28)(H,29,30)/t15?,21-/m0/s1. The van der Waals surface area contributed by atoms with Gasteiger partial charge >= 0.3 is 12.1 Å². The minimum Gasteiger partial charge on any atom is -0.480 e. The number of benzene rings is 2. The molecule has 0 spiro atoms. The highest BCUT2D eigenvalue weighted by Gasteiger charge is 2.29. The van der Waals surface area contributed by atoms with Gasteiger partial charge < -0.3 is 30.3 Å². The molecule has 9 nitrogen and oxygen atoms in total. The monoisotopic (exact) mass is 456 g/mol. The molecular formula is C24H28N2O7. The van der Waals surface area contributed by atoms with E-state index in [0.717, 1.165) is 22.3 Å². The first kappa shape index (κ1) is 24.2. The molecule has 2 aromatic carbocycles. The van der Waals surface area contributed by atoms with Gasteiger partial charge in [0.25, 0.3) is 0 Å². The van der Waals surface area contributed by atoms with Crippen LogP contribution in [0.2, 0.25) is 0 Å². The van der Waals surface area contributed by atoms with Crippen LogP contribution in [0.1, 0.15) is 30.4 Å². The lowest BCUT2D eigenvalue weighted by Gasteiger charge is -2.19. The number of carbonyl (C=O) groups is 3. The van der Waals surface area contributed by atoms with E-state index in [0.29, 0.717) is 6.61 Å². The number of carboxylic acid groups (broad SMARTS) is 1. The van der Waals surface area contributed by atoms with Gasteiger partial charge in [0, 0.05) is 19.1 Å². The van der Waals surface area contributed by atoms with Gasteiger partial charge in [0.1, 0.15) is 12.6 Å². The summed E-state index contributed by atoms with van der Waals surface area (Å²) < 4.78 is 10.9. The average Bonchev–Trinajstić information content (AvgIpc) is 3.13. The molecule has 0 saturated carbocycles. The topological polar surface area (TPSA) is 134 Å². The molecule has 1 aliphatic carbocycles. The fourth-order valence-electron chi connectivity index (χ4n) is 3.92. The molecule has 0 radical (unpaired) electrons. The summed E-state index contributed by atoms with van der Waals surface area (Å²) in [4.78, 5) is 35.3. The van der Waals surface area contributed by atoms with Crippen LogP contribution in [-0.2, 0) is 19.1 Å². The molecule has 0 aliphatic heterocycles. The van der Waals surface area contributed by atoms with E-state index < -0.39 is 36.7 Å². The second-order valence-corrected chi connectivity index (χ2v) is 7.63. The van der Waals surface area contributed by atoms with E-state index >= 15 is 0 Å². The summed E-state index contributed by atoms with van der Waals surface area (Å²) in [7, 11) is 0. The van der Waals surface area contributed by atoms with Crippen molar-refractivity contribution in [3.05, 3.63) is 59.7 Å². The fraction of sp³-hybridized carbons (Fsp3) is 0.375. The summed E-state index contributed by atoms with van der Waals surface area (Å²) in [5.74, 6) is -2.01. The van der Waals surface area contributed by atoms with E-state index in [1.807, 2.05) is 36.4 Å². The predicted octanol–water partition coefficient (Wildman–Crippen LogP) is 1.88. The number of aliphatic hydroxyl groups is 1. The minimum atomic E-state index is -1.39. The molecular weight excluding hydrogens is 428 g/mol. The Hall–Kier alpha value is -3.43. The number of hydrogen-bond donors (Lipinski definition) is 4. The fourth-order valence-corrected chi connectivity index (χ4v) is 3.92. The zero-order valence-electron chi connectivity index (χ0n) is 18.3. The normalized spacial score (nSPS) is 14.0. The number of aliphatic hydroxyl groups excluding tert-OH is 1. The number of carboxylic acids is 1. The third kappa shape index (κ3) is 6.09. The Balaban J connectivity index is 1.53. The molecule has 0 saturated heterocycles. The number of hydrogen-bond acceptors (Lipinski definition) is 6. The van der Waals surface area contributed by atoms with Crippen LogP contribution in [0, 0.1) is 0 Å². The molecule has 3 rings (SSSR count). The van der Waals surface area contributed by atoms with Crippen molar-refractivity contribution < 1.29 is 34.1 Å². The Labute approximate surface area is 191 Å². The molecule has 0 bridgehead atoms. The molecule has 4 N–H and O–H groups in total. The van der Waals surface area contributed by atoms with Crippen molar-refractivity contribution in [1.29, 1.82) is 0 Å². The largest absolute Gasteiger partial charge is 0.480 e. The number of nitrogens with one attached hydrogen (secondary N) is 2. The van der Waals surface area contributed by atoms with Crippen molar-refractivity contribution in [3.8, 4) is 11.1 Å². The molecule has 2 aromatic rings. The molecule has 33 heavy (non-hydrogen) atoms. The van der Waals surface area contributed by atoms with E-state index in [1.54, 1.807) is 6.92 Å². The van der Waals surface area contributed by atoms with E-state index in [4.69, 9.17) is 19.7 Å². The smallest absolute Gasteiger partial charge is 0.407 e. The summed E-state index contributed by atoms with van der Waals surface area (Å²) in [6.07, 6.45) is -1.49. The third-order valence-corrected chi connectivity index (χ3v) is 5.45. The zero-order chi connectivity index (χ0) is 23.8. The molecule has 0 heterocycles. The van der Waals surface area contributed by atoms with Crippen LogP contribution in [-0.4, -0.2) is 66.7 Å². The highest BCUT2D eigenvalue weighted by molar-refractivity contribution is 5.84. The number of rotatable bonds is 11. The van der Waals surface area contributed by atoms with Crippen LogP contribution >= 0.6 is 0 Å². The van der Waals surface area contributed by atoms with Gasteiger partial charge in [-0.1, -0.05) is 48.5 Å². The molecule has 1 aliphatic rings. The SMILES string of the molecule is CCOC(CNC(=O)OCC1c2ccccc2-c2ccccc21)CC(=O)N[C@@H](CO)C(=O)O. The van der Waals surface area contributed by atoms with Crippen LogP contribution in [0.5, 0.6) is 0 Å². The van der Waals surface area contributed by atoms with Crippen molar-refractivity contribution in [2.75, 3.05) is 26.4 Å². The second-order valence-electron chi connectivity index (χ2n) is 7.63. The highest BCUT2D eigenvalue weighted by Crippen LogP contribution is 2.44. The van der Waals surface area contributed by atoms with E-state index in [1.165, 1.54) is 0 Å². The lowest BCUT2D eigenvalue weighted by molar-refractivity contribution is -0.143. The first-order valence-corrected chi connectivity index (χ1v) is 10.8. The molecule has 9 heteroatoms. The van der Waals surface area contributed by atoms with Crippen LogP contribution < -0.4 is 10.6 Å². The van der Waals surface area contributed by atoms with Gasteiger partial charge in [-0.2, -0.15) is 0 Å². The number of amides is 2. The number of alkyl carbamates (subject to hydrolysis) is 1. The lowest BCUT2D eigenvalue weighted by Crippen LogP contribution is -2.45. The molecule has 0 aromatic heterocycles. The van der Waals surface area contributed by atoms with Gasteiger partial charge in [0.05, 0.1) is 19.1 Å². The Kier molecular flexibility index (Phi) is 8.39. The first-order chi connectivity index (χ1) is 15.9. The first-order valence-electron chi connectivity index (χ1n) is 10.8. The third-order valence-electron chi connectivity index (χ3n) is 5.45. The molecule has 0 fully saturated rings. The predicted molar refractivity (Wildman–Crippen MR) is 120 cm³/mol. The number of fused-ring (bicyclic) bond motifs is 3. The number of ether oxygens (including phenoxy) is 2. The minimum absolute atomic E-state index is 0.00873. The Morgan fingerprint density at radius 3 is 2.18 bits per heavy atom. The van der Waals surface area contributed by atoms with Crippen LogP contribution in [0.3, 0.4) is 0 Å². The summed E-state index contributed by atoms with van der Waals surface area (Å²) in [5, 5.41) is 22.8. The maximum absolute atomic E-state index is 12.3. The average molecular weight is 456 g/mol. The molecule has 2 amide bonds. The number of carbonyl (C=O) groups excluding carboxylic acids is 2. The van der Waals surface area contributed by atoms with Gasteiger partial charge in [-0.15, -0.1) is 0 Å². The van der Waals surface area contributed by atoms with Crippen molar-refractivity contribution >= 4 is 18.0 Å². The molecule has 2 atom stereocenters. The molecule has 1 unspecified atom stereocenters. The second kappa shape index (κ2) is 11.4. The quantitative estimate of drug-likeness (QED) is 0.406. The molecule has 176 valence electrons. The van der Waals surface area contributed by atoms with E-state index in [2.05, 4.69) is 22.8 Å². The van der Waals surface area contributed by atoms with Crippen molar-refractivity contribution in [3.63, 3.8) is 0 Å². The van der Waals surface area contributed by atoms with Crippen LogP contribution in [0.25, 0.3) is 11.1 Å². The van der Waals surface area contributed by atoms with Gasteiger partial charge in [-0.3, -0.25) is 4.79 Å². The van der Waals surface area contributed by atoms with Crippen molar-refractivity contribution in [1.82, 2.24) is 10.6 Å². The summed E-state index contributed by atoms with van der Waals surface area (Å²) in [6, 6.07) is 14.7. The van der Waals surface area contributed by atoms with Gasteiger partial charge in [0.15, 0.2) is 0 Å². The van der Waals surface area contributed by atoms with Crippen molar-refractivity contribution in [2.45, 2.75) is 31.4 Å². The lowest BCUT2D eigenvalue weighted by atomic mass is 9.98. The maximum Gasteiger partial charge on any atom is 0.407 e. The van der Waals surface area contributed by atoms with Gasteiger partial charge in [-0.25, -0.2) is 9.59 Å². The summed E-state index contributed by atoms with van der Waals surface area (Å²) in [6.45, 7) is 1.49. The zero-order valence-corrected chi connectivity index (χ0v) is 18.3. The Morgan fingerprint density at radius 2 is 1.64 bits per heavy atom. The van der Waals surface area contributed by atoms with Crippen LogP contribution in [0.15, 0.2) is 48.5 Å². The van der Waals surface area contributed by atoms with Crippen LogP contribution in [0.4, 0.5) is 4.79 Å². The highest BCUT2D eigenvalue weighted by atomic mass is 16.5. The Morgan fingerprint density at radius 1 is 1.03 bits per heavy atom.